The van der Waals surface area contributed by atoms with Crippen molar-refractivity contribution in [2.45, 2.75) is 0 Å². The molecule has 43 heavy (non-hydrogen) atoms. The third-order valence-electron chi connectivity index (χ3n) is 8.94. The van der Waals surface area contributed by atoms with Gasteiger partial charge < -0.3 is 8.83 Å². The molecule has 3 heterocycles. The summed E-state index contributed by atoms with van der Waals surface area (Å²) in [5.41, 5.74) is 7.43. The van der Waals surface area contributed by atoms with E-state index in [0.717, 1.165) is 38.5 Å². The fourth-order valence-corrected chi connectivity index (χ4v) is 8.36. The topological polar surface area (TPSA) is 26.3 Å². The molecule has 0 aliphatic rings. The zero-order valence-corrected chi connectivity index (χ0v) is 23.7. The summed E-state index contributed by atoms with van der Waals surface area (Å²) in [7, 11) is 0. The summed E-state index contributed by atoms with van der Waals surface area (Å²) in [6.07, 6.45) is 1.79. The fraction of sp³-hybridized carbons (Fsp3) is 0. The molecule has 200 valence electrons. The third kappa shape index (κ3) is 3.12. The molecule has 0 unspecified atom stereocenters. The molecule has 0 aliphatic heterocycles. The minimum atomic E-state index is 0.872. The molecule has 0 atom stereocenters. The molecule has 3 aromatic heterocycles. The van der Waals surface area contributed by atoms with Crippen LogP contribution in [0.2, 0.25) is 0 Å². The van der Waals surface area contributed by atoms with Crippen LogP contribution >= 0.6 is 11.3 Å². The van der Waals surface area contributed by atoms with E-state index in [1.165, 1.54) is 58.4 Å². The Bertz CT molecular complexity index is 2680. The molecule has 0 amide bonds. The molecule has 10 rings (SSSR count). The largest absolute Gasteiger partial charge is 0.464 e. The zero-order chi connectivity index (χ0) is 28.1. The van der Waals surface area contributed by atoms with E-state index in [-0.39, 0.29) is 0 Å². The van der Waals surface area contributed by atoms with Crippen LogP contribution in [-0.2, 0) is 0 Å². The van der Waals surface area contributed by atoms with Gasteiger partial charge in [-0.3, -0.25) is 0 Å². The summed E-state index contributed by atoms with van der Waals surface area (Å²) in [6, 6.07) is 45.7. The van der Waals surface area contributed by atoms with E-state index >= 15 is 0 Å². The number of hydrogen-bond donors (Lipinski definition) is 0. The fourth-order valence-electron chi connectivity index (χ4n) is 7.22. The van der Waals surface area contributed by atoms with Crippen LogP contribution in [0, 0.1) is 0 Å². The number of hydrogen-bond acceptors (Lipinski definition) is 3. The molecule has 0 fully saturated rings. The van der Waals surface area contributed by atoms with Gasteiger partial charge in [0.05, 0.1) is 6.26 Å². The summed E-state index contributed by atoms with van der Waals surface area (Å²) < 4.78 is 15.4. The molecule has 3 heteroatoms. The molecular weight excluding hydrogens is 545 g/mol. The lowest BCUT2D eigenvalue weighted by atomic mass is 9.83. The number of fused-ring (bicyclic) bond motifs is 9. The SMILES string of the molecule is c1ccc2c(c1)oc1cc3ccoc3c(-c3c4ccccc4c(-c4cccc5sc6ccccc6c45)c4ccccc34)c12. The van der Waals surface area contributed by atoms with E-state index in [2.05, 4.69) is 109 Å². The van der Waals surface area contributed by atoms with Crippen molar-refractivity contribution in [1.82, 2.24) is 0 Å². The monoisotopic (exact) mass is 566 g/mol. The van der Waals surface area contributed by atoms with Gasteiger partial charge in [0.2, 0.25) is 0 Å². The van der Waals surface area contributed by atoms with E-state index in [1.54, 1.807) is 6.26 Å². The molecule has 0 bridgehead atoms. The number of thiophene rings is 1. The highest BCUT2D eigenvalue weighted by atomic mass is 32.1. The molecule has 0 spiro atoms. The number of para-hydroxylation sites is 1. The molecule has 7 aromatic carbocycles. The van der Waals surface area contributed by atoms with Gasteiger partial charge in [-0.05, 0) is 63.0 Å². The average molecular weight is 567 g/mol. The minimum absolute atomic E-state index is 0.872. The third-order valence-corrected chi connectivity index (χ3v) is 10.1. The maximum Gasteiger partial charge on any atom is 0.142 e. The Morgan fingerprint density at radius 2 is 1.07 bits per heavy atom. The molecule has 2 nitrogen and oxygen atoms in total. The Balaban J connectivity index is 1.44. The summed E-state index contributed by atoms with van der Waals surface area (Å²) in [6.45, 7) is 0. The predicted molar refractivity (Wildman–Crippen MR) is 182 cm³/mol. The summed E-state index contributed by atoms with van der Waals surface area (Å²) in [4.78, 5) is 0. The van der Waals surface area contributed by atoms with Crippen molar-refractivity contribution < 1.29 is 8.83 Å². The van der Waals surface area contributed by atoms with Gasteiger partial charge >= 0.3 is 0 Å². The zero-order valence-electron chi connectivity index (χ0n) is 22.9. The Kier molecular flexibility index (Phi) is 4.63. The van der Waals surface area contributed by atoms with Crippen molar-refractivity contribution in [3.8, 4) is 22.3 Å². The Labute approximate surface area is 250 Å². The Morgan fingerprint density at radius 3 is 1.84 bits per heavy atom. The lowest BCUT2D eigenvalue weighted by molar-refractivity contribution is 0.617. The first-order valence-corrected chi connectivity index (χ1v) is 15.3. The van der Waals surface area contributed by atoms with Crippen LogP contribution in [0.3, 0.4) is 0 Å². The Hall–Kier alpha value is -5.38. The first-order valence-electron chi connectivity index (χ1n) is 14.5. The highest BCUT2D eigenvalue weighted by molar-refractivity contribution is 7.25. The summed E-state index contributed by atoms with van der Waals surface area (Å²) in [5, 5.41) is 10.7. The summed E-state index contributed by atoms with van der Waals surface area (Å²) >= 11 is 1.86. The normalized spacial score (nSPS) is 12.2. The average Bonchev–Trinajstić information content (AvgIpc) is 3.78. The first kappa shape index (κ1) is 23.2. The molecule has 10 aromatic rings. The second-order valence-electron chi connectivity index (χ2n) is 11.2. The van der Waals surface area contributed by atoms with E-state index in [4.69, 9.17) is 8.83 Å². The second kappa shape index (κ2) is 8.57. The predicted octanol–water partition coefficient (Wildman–Crippen LogP) is 12.3. The van der Waals surface area contributed by atoms with E-state index in [1.807, 2.05) is 29.5 Å². The molecule has 0 saturated carbocycles. The van der Waals surface area contributed by atoms with Gasteiger partial charge in [-0.2, -0.15) is 0 Å². The molecule has 0 radical (unpaired) electrons. The van der Waals surface area contributed by atoms with Gasteiger partial charge in [0.25, 0.3) is 0 Å². The van der Waals surface area contributed by atoms with Crippen molar-refractivity contribution >= 4 is 86.0 Å². The second-order valence-corrected chi connectivity index (χ2v) is 12.3. The maximum absolute atomic E-state index is 6.45. The smallest absolute Gasteiger partial charge is 0.142 e. The van der Waals surface area contributed by atoms with Crippen molar-refractivity contribution in [2.24, 2.45) is 0 Å². The number of furan rings is 2. The molecule has 0 N–H and O–H groups in total. The first-order chi connectivity index (χ1) is 21.3. The van der Waals surface area contributed by atoms with Crippen LogP contribution in [0.15, 0.2) is 142 Å². The van der Waals surface area contributed by atoms with Crippen LogP contribution in [0.25, 0.3) is 96.9 Å². The minimum Gasteiger partial charge on any atom is -0.464 e. The van der Waals surface area contributed by atoms with Crippen molar-refractivity contribution in [3.05, 3.63) is 134 Å². The van der Waals surface area contributed by atoms with Crippen LogP contribution < -0.4 is 0 Å². The van der Waals surface area contributed by atoms with Crippen molar-refractivity contribution in [2.75, 3.05) is 0 Å². The number of rotatable bonds is 2. The van der Waals surface area contributed by atoms with Gasteiger partial charge in [0.15, 0.2) is 0 Å². The maximum atomic E-state index is 6.45. The van der Waals surface area contributed by atoms with Crippen LogP contribution in [0.4, 0.5) is 0 Å². The van der Waals surface area contributed by atoms with Crippen LogP contribution in [0.5, 0.6) is 0 Å². The van der Waals surface area contributed by atoms with Crippen molar-refractivity contribution in [3.63, 3.8) is 0 Å². The highest BCUT2D eigenvalue weighted by Crippen LogP contribution is 2.51. The molecule has 0 saturated heterocycles. The van der Waals surface area contributed by atoms with Gasteiger partial charge in [-0.25, -0.2) is 0 Å². The van der Waals surface area contributed by atoms with Gasteiger partial charge in [-0.1, -0.05) is 97.1 Å². The van der Waals surface area contributed by atoms with Gasteiger partial charge in [-0.15, -0.1) is 11.3 Å². The van der Waals surface area contributed by atoms with E-state index < -0.39 is 0 Å². The Morgan fingerprint density at radius 1 is 0.442 bits per heavy atom. The lowest BCUT2D eigenvalue weighted by Crippen LogP contribution is -1.92. The van der Waals surface area contributed by atoms with E-state index in [9.17, 15) is 0 Å². The quantitative estimate of drug-likeness (QED) is 0.195. The highest BCUT2D eigenvalue weighted by Gasteiger charge is 2.24. The molecular formula is C40H22O2S. The number of benzene rings is 7. The summed E-state index contributed by atoms with van der Waals surface area (Å²) in [5.74, 6) is 0. The standard InChI is InChI=1S/C40H22O2S/c1-3-12-26-24(10-1)35(30-16-9-19-34-36(30)29-15-6-8-18-33(29)43-34)25-11-2-4-13-27(25)37(26)39-38-28-14-5-7-17-31(28)42-32(38)22-23-20-21-41-40(23)39/h1-22H. The molecule has 0 aliphatic carbocycles. The van der Waals surface area contributed by atoms with Crippen LogP contribution in [0.1, 0.15) is 0 Å². The van der Waals surface area contributed by atoms with E-state index in [0.29, 0.717) is 0 Å². The van der Waals surface area contributed by atoms with Gasteiger partial charge in [0.1, 0.15) is 16.7 Å². The van der Waals surface area contributed by atoms with Crippen molar-refractivity contribution in [1.29, 1.82) is 0 Å². The van der Waals surface area contributed by atoms with Crippen LogP contribution in [-0.4, -0.2) is 0 Å². The lowest BCUT2D eigenvalue weighted by Gasteiger charge is -2.19. The van der Waals surface area contributed by atoms with Gasteiger partial charge in [0, 0.05) is 47.5 Å².